The molecule has 0 aliphatic heterocycles. The smallest absolute Gasteiger partial charge is 0.261 e. The van der Waals surface area contributed by atoms with Crippen LogP contribution < -0.4 is 0 Å². The van der Waals surface area contributed by atoms with Gasteiger partial charge in [0, 0.05) is 18.2 Å². The third-order valence-corrected chi connectivity index (χ3v) is 2.51. The van der Waals surface area contributed by atoms with Crippen LogP contribution in [0, 0.1) is 11.6 Å². The van der Waals surface area contributed by atoms with Crippen LogP contribution in [0.5, 0.6) is 0 Å². The van der Waals surface area contributed by atoms with E-state index in [2.05, 4.69) is 4.74 Å². The molecule has 0 fully saturated rings. The van der Waals surface area contributed by atoms with Gasteiger partial charge in [-0.25, -0.2) is 17.6 Å². The van der Waals surface area contributed by atoms with Crippen LogP contribution in [-0.2, 0) is 4.74 Å². The van der Waals surface area contributed by atoms with Crippen LogP contribution in [0.25, 0.3) is 0 Å². The second kappa shape index (κ2) is 6.81. The number of halogens is 5. The summed E-state index contributed by atoms with van der Waals surface area (Å²) in [5.74, 6) is -1.44. The van der Waals surface area contributed by atoms with Crippen molar-refractivity contribution in [3.63, 3.8) is 0 Å². The topological polar surface area (TPSA) is 9.23 Å². The molecule has 0 saturated heterocycles. The van der Waals surface area contributed by atoms with E-state index in [1.807, 2.05) is 0 Å². The van der Waals surface area contributed by atoms with Gasteiger partial charge in [0.1, 0.15) is 18.2 Å². The Kier molecular flexibility index (Phi) is 5.71. The summed E-state index contributed by atoms with van der Waals surface area (Å²) in [5, 5.41) is -0.728. The maximum absolute atomic E-state index is 13.3. The molecule has 0 amide bonds. The summed E-state index contributed by atoms with van der Waals surface area (Å²) in [6, 6.07) is 3.05. The Morgan fingerprint density at radius 2 is 1.94 bits per heavy atom. The van der Waals surface area contributed by atoms with E-state index in [9.17, 15) is 17.6 Å². The molecule has 0 aromatic heterocycles. The maximum atomic E-state index is 13.3. The van der Waals surface area contributed by atoms with Crippen molar-refractivity contribution in [3.8, 4) is 0 Å². The average Bonchev–Trinajstić information content (AvgIpc) is 2.23. The van der Waals surface area contributed by atoms with Crippen molar-refractivity contribution in [2.45, 2.75) is 18.2 Å². The molecule has 0 aliphatic rings. The highest BCUT2D eigenvalue weighted by molar-refractivity contribution is 6.20. The number of ether oxygens (including phenoxy) is 1. The second-order valence-electron chi connectivity index (χ2n) is 3.39. The second-order valence-corrected chi connectivity index (χ2v) is 3.91. The van der Waals surface area contributed by atoms with Crippen LogP contribution in [-0.4, -0.2) is 19.6 Å². The quantitative estimate of drug-likeness (QED) is 0.432. The minimum absolute atomic E-state index is 0.00464. The zero-order valence-electron chi connectivity index (χ0n) is 8.81. The molecule has 0 spiro atoms. The minimum atomic E-state index is -2.54. The summed E-state index contributed by atoms with van der Waals surface area (Å²) in [5.41, 5.74) is 0.133. The monoisotopic (exact) mass is 270 g/mol. The molecule has 0 bridgehead atoms. The van der Waals surface area contributed by atoms with Gasteiger partial charge in [0.25, 0.3) is 6.43 Å². The van der Waals surface area contributed by atoms with Crippen LogP contribution in [0.15, 0.2) is 18.2 Å². The first kappa shape index (κ1) is 14.3. The van der Waals surface area contributed by atoms with Crippen molar-refractivity contribution in [1.29, 1.82) is 0 Å². The summed E-state index contributed by atoms with van der Waals surface area (Å²) in [7, 11) is 0. The summed E-state index contributed by atoms with van der Waals surface area (Å²) in [4.78, 5) is 0. The lowest BCUT2D eigenvalue weighted by Gasteiger charge is -2.11. The normalized spacial score (nSPS) is 13.1. The van der Waals surface area contributed by atoms with E-state index < -0.39 is 30.0 Å². The highest BCUT2D eigenvalue weighted by Gasteiger charge is 2.14. The molecule has 0 heterocycles. The lowest BCUT2D eigenvalue weighted by Crippen LogP contribution is -2.07. The largest absolute Gasteiger partial charge is 0.375 e. The van der Waals surface area contributed by atoms with E-state index in [1.54, 1.807) is 0 Å². The third kappa shape index (κ3) is 4.91. The third-order valence-electron chi connectivity index (χ3n) is 2.06. The summed E-state index contributed by atoms with van der Waals surface area (Å²) < 4.78 is 54.0. The van der Waals surface area contributed by atoms with Crippen molar-refractivity contribution in [3.05, 3.63) is 35.4 Å². The zero-order valence-corrected chi connectivity index (χ0v) is 9.56. The van der Waals surface area contributed by atoms with Gasteiger partial charge < -0.3 is 4.74 Å². The van der Waals surface area contributed by atoms with Crippen molar-refractivity contribution < 1.29 is 22.3 Å². The van der Waals surface area contributed by atoms with Gasteiger partial charge in [-0.05, 0) is 12.5 Å². The minimum Gasteiger partial charge on any atom is -0.375 e. The molecule has 0 aliphatic carbocycles. The molecule has 17 heavy (non-hydrogen) atoms. The van der Waals surface area contributed by atoms with Gasteiger partial charge in [0.15, 0.2) is 0 Å². The molecule has 1 atom stereocenters. The van der Waals surface area contributed by atoms with E-state index in [4.69, 9.17) is 11.6 Å². The van der Waals surface area contributed by atoms with Gasteiger partial charge >= 0.3 is 0 Å². The Labute approximate surface area is 101 Å². The van der Waals surface area contributed by atoms with E-state index in [0.717, 1.165) is 12.1 Å². The highest BCUT2D eigenvalue weighted by Crippen LogP contribution is 2.26. The van der Waals surface area contributed by atoms with Crippen LogP contribution in [0.3, 0.4) is 0 Å². The predicted octanol–water partition coefficient (Wildman–Crippen LogP) is 3.92. The fraction of sp³-hybridized carbons (Fsp3) is 0.455. The van der Waals surface area contributed by atoms with Crippen LogP contribution in [0.4, 0.5) is 17.6 Å². The summed E-state index contributed by atoms with van der Waals surface area (Å²) in [6.45, 7) is -0.676. The zero-order chi connectivity index (χ0) is 12.8. The molecule has 6 heteroatoms. The van der Waals surface area contributed by atoms with E-state index in [0.29, 0.717) is 0 Å². The molecule has 0 saturated carbocycles. The molecule has 1 rings (SSSR count). The van der Waals surface area contributed by atoms with Gasteiger partial charge in [0.2, 0.25) is 0 Å². The van der Waals surface area contributed by atoms with Crippen molar-refractivity contribution >= 4 is 11.6 Å². The fourth-order valence-electron chi connectivity index (χ4n) is 1.27. The van der Waals surface area contributed by atoms with Crippen molar-refractivity contribution in [2.24, 2.45) is 0 Å². The molecule has 1 aromatic carbocycles. The van der Waals surface area contributed by atoms with Crippen molar-refractivity contribution in [1.82, 2.24) is 0 Å². The fourth-order valence-corrected chi connectivity index (χ4v) is 1.54. The highest BCUT2D eigenvalue weighted by atomic mass is 35.5. The SMILES string of the molecule is Fc1ccc(C(Cl)CCOCC(F)F)c(F)c1. The van der Waals surface area contributed by atoms with Crippen LogP contribution in [0.2, 0.25) is 0 Å². The van der Waals surface area contributed by atoms with E-state index in [1.165, 1.54) is 6.07 Å². The molecule has 0 N–H and O–H groups in total. The van der Waals surface area contributed by atoms with E-state index >= 15 is 0 Å². The first-order valence-electron chi connectivity index (χ1n) is 4.95. The standard InChI is InChI=1S/C11H11ClF4O/c12-9(3-4-17-6-11(15)16)8-2-1-7(13)5-10(8)14/h1-2,5,9,11H,3-4,6H2. The van der Waals surface area contributed by atoms with Gasteiger partial charge in [-0.15, -0.1) is 11.6 Å². The predicted molar refractivity (Wildman–Crippen MR) is 56.4 cm³/mol. The molecule has 1 unspecified atom stereocenters. The molecule has 0 radical (unpaired) electrons. The Balaban J connectivity index is 2.44. The van der Waals surface area contributed by atoms with Gasteiger partial charge in [-0.3, -0.25) is 0 Å². The van der Waals surface area contributed by atoms with Crippen molar-refractivity contribution in [2.75, 3.05) is 13.2 Å². The Morgan fingerprint density at radius 1 is 1.24 bits per heavy atom. The molecular weight excluding hydrogens is 260 g/mol. The number of hydrogen-bond acceptors (Lipinski definition) is 1. The number of rotatable bonds is 6. The molecule has 1 aromatic rings. The Morgan fingerprint density at radius 3 is 2.53 bits per heavy atom. The summed E-state index contributed by atoms with van der Waals surface area (Å²) >= 11 is 5.85. The lowest BCUT2D eigenvalue weighted by atomic mass is 10.1. The molecule has 1 nitrogen and oxygen atoms in total. The molecule has 96 valence electrons. The average molecular weight is 271 g/mol. The maximum Gasteiger partial charge on any atom is 0.261 e. The first-order chi connectivity index (χ1) is 8.00. The van der Waals surface area contributed by atoms with Crippen LogP contribution >= 0.6 is 11.6 Å². The van der Waals surface area contributed by atoms with Gasteiger partial charge in [0.05, 0.1) is 5.38 Å². The van der Waals surface area contributed by atoms with Gasteiger partial charge in [-0.2, -0.15) is 0 Å². The van der Waals surface area contributed by atoms with Gasteiger partial charge in [-0.1, -0.05) is 6.07 Å². The number of alkyl halides is 3. The number of benzene rings is 1. The first-order valence-corrected chi connectivity index (χ1v) is 5.39. The number of hydrogen-bond donors (Lipinski definition) is 0. The van der Waals surface area contributed by atoms with E-state index in [-0.39, 0.29) is 18.6 Å². The lowest BCUT2D eigenvalue weighted by molar-refractivity contribution is 0.0165. The summed E-state index contributed by atoms with van der Waals surface area (Å²) in [6.07, 6.45) is -2.36. The molecular formula is C11H11ClF4O. The Bertz CT molecular complexity index is 359. The van der Waals surface area contributed by atoms with Crippen LogP contribution in [0.1, 0.15) is 17.4 Å². The Hall–Kier alpha value is -0.810.